The molecule has 0 unspecified atom stereocenters. The zero-order chi connectivity index (χ0) is 23.0. The van der Waals surface area contributed by atoms with E-state index < -0.39 is 0 Å². The van der Waals surface area contributed by atoms with E-state index in [0.717, 1.165) is 16.8 Å². The largest absolute Gasteiger partial charge is 0.377 e. The lowest BCUT2D eigenvalue weighted by Gasteiger charge is -2.27. The van der Waals surface area contributed by atoms with Gasteiger partial charge in [-0.2, -0.15) is 0 Å². The van der Waals surface area contributed by atoms with E-state index in [0.29, 0.717) is 18.8 Å². The Labute approximate surface area is 183 Å². The van der Waals surface area contributed by atoms with E-state index in [9.17, 15) is 14.0 Å². The summed E-state index contributed by atoms with van der Waals surface area (Å²) in [6.07, 6.45) is 0. The highest BCUT2D eigenvalue weighted by atomic mass is 19.1. The molecule has 0 spiro atoms. The van der Waals surface area contributed by atoms with Crippen molar-refractivity contribution in [3.8, 4) is 0 Å². The Morgan fingerprint density at radius 2 is 1.74 bits per heavy atom. The van der Waals surface area contributed by atoms with Gasteiger partial charge in [0.25, 0.3) is 0 Å². The van der Waals surface area contributed by atoms with Crippen LogP contribution in [-0.2, 0) is 22.6 Å². The van der Waals surface area contributed by atoms with Crippen LogP contribution in [0, 0.1) is 5.82 Å². The Balaban J connectivity index is 2.34. The smallest absolute Gasteiger partial charge is 0.318 e. The van der Waals surface area contributed by atoms with Crippen LogP contribution in [0.1, 0.15) is 25.0 Å². The summed E-state index contributed by atoms with van der Waals surface area (Å²) in [6, 6.07) is 11.4. The summed E-state index contributed by atoms with van der Waals surface area (Å²) < 4.78 is 18.2. The summed E-state index contributed by atoms with van der Waals surface area (Å²) in [5.41, 5.74) is 3.22. The first kappa shape index (κ1) is 24.1. The number of nitrogens with zero attached hydrogens (tertiary/aromatic N) is 2. The van der Waals surface area contributed by atoms with E-state index in [1.165, 1.54) is 19.2 Å². The molecular formula is C23H31FN4O3. The standard InChI is InChI=1S/C23H31FN4O3/c1-16(2)25-23(30)28(13-17-6-8-19(24)9-7-17)14-18-12-20(26-22(29)15-31-5)10-11-21(18)27(3)4/h6-12,16H,13-15H2,1-5H3,(H,25,30)(H,26,29). The summed E-state index contributed by atoms with van der Waals surface area (Å²) >= 11 is 0. The molecule has 0 saturated heterocycles. The fourth-order valence-corrected chi connectivity index (χ4v) is 3.11. The quantitative estimate of drug-likeness (QED) is 0.638. The second-order valence-corrected chi connectivity index (χ2v) is 7.81. The van der Waals surface area contributed by atoms with Gasteiger partial charge < -0.3 is 25.2 Å². The van der Waals surface area contributed by atoms with E-state index in [1.807, 2.05) is 51.0 Å². The average Bonchev–Trinajstić information content (AvgIpc) is 2.68. The molecule has 0 aliphatic rings. The van der Waals surface area contributed by atoms with Gasteiger partial charge in [-0.3, -0.25) is 4.79 Å². The van der Waals surface area contributed by atoms with Crippen LogP contribution in [0.2, 0.25) is 0 Å². The number of nitrogens with one attached hydrogen (secondary N) is 2. The first-order chi connectivity index (χ1) is 14.7. The lowest BCUT2D eigenvalue weighted by atomic mass is 10.1. The zero-order valence-electron chi connectivity index (χ0n) is 18.7. The van der Waals surface area contributed by atoms with Crippen LogP contribution in [0.25, 0.3) is 0 Å². The molecule has 0 aliphatic heterocycles. The number of urea groups is 1. The number of hydrogen-bond donors (Lipinski definition) is 2. The number of carbonyl (C=O) groups is 2. The number of ether oxygens (including phenoxy) is 1. The molecule has 0 fully saturated rings. The molecule has 0 atom stereocenters. The molecule has 31 heavy (non-hydrogen) atoms. The minimum atomic E-state index is -0.323. The lowest BCUT2D eigenvalue weighted by Crippen LogP contribution is -2.42. The number of hydrogen-bond acceptors (Lipinski definition) is 4. The molecule has 0 bridgehead atoms. The van der Waals surface area contributed by atoms with Crippen LogP contribution < -0.4 is 15.5 Å². The van der Waals surface area contributed by atoms with Gasteiger partial charge in [0, 0.05) is 51.7 Å². The number of methoxy groups -OCH3 is 1. The maximum absolute atomic E-state index is 13.3. The van der Waals surface area contributed by atoms with Crippen molar-refractivity contribution < 1.29 is 18.7 Å². The summed E-state index contributed by atoms with van der Waals surface area (Å²) in [5, 5.41) is 5.72. The monoisotopic (exact) mass is 430 g/mol. The molecule has 2 aromatic rings. The van der Waals surface area contributed by atoms with Gasteiger partial charge in [0.15, 0.2) is 0 Å². The highest BCUT2D eigenvalue weighted by Crippen LogP contribution is 2.25. The van der Waals surface area contributed by atoms with Gasteiger partial charge in [-0.1, -0.05) is 12.1 Å². The van der Waals surface area contributed by atoms with Crippen molar-refractivity contribution in [2.24, 2.45) is 0 Å². The second-order valence-electron chi connectivity index (χ2n) is 7.81. The van der Waals surface area contributed by atoms with Crippen LogP contribution in [0.3, 0.4) is 0 Å². The predicted molar refractivity (Wildman–Crippen MR) is 121 cm³/mol. The molecule has 8 heteroatoms. The molecular weight excluding hydrogens is 399 g/mol. The highest BCUT2D eigenvalue weighted by molar-refractivity contribution is 5.92. The Bertz CT molecular complexity index is 885. The summed E-state index contributed by atoms with van der Waals surface area (Å²) in [6.45, 7) is 4.36. The third-order valence-electron chi connectivity index (χ3n) is 4.47. The fourth-order valence-electron chi connectivity index (χ4n) is 3.11. The maximum Gasteiger partial charge on any atom is 0.318 e. The van der Waals surface area contributed by atoms with Crippen LogP contribution in [-0.4, -0.2) is 50.7 Å². The van der Waals surface area contributed by atoms with Crippen LogP contribution in [0.4, 0.5) is 20.6 Å². The average molecular weight is 431 g/mol. The second kappa shape index (κ2) is 11.3. The van der Waals surface area contributed by atoms with Crippen molar-refractivity contribution >= 4 is 23.3 Å². The van der Waals surface area contributed by atoms with Crippen LogP contribution in [0.15, 0.2) is 42.5 Å². The highest BCUT2D eigenvalue weighted by Gasteiger charge is 2.18. The number of amides is 3. The fraction of sp³-hybridized carbons (Fsp3) is 0.391. The van der Waals surface area contributed by atoms with E-state index in [-0.39, 0.29) is 30.4 Å². The van der Waals surface area contributed by atoms with Crippen LogP contribution >= 0.6 is 0 Å². The van der Waals surface area contributed by atoms with Crippen molar-refractivity contribution in [3.05, 3.63) is 59.4 Å². The minimum Gasteiger partial charge on any atom is -0.377 e. The maximum atomic E-state index is 13.3. The number of rotatable bonds is 9. The van der Waals surface area contributed by atoms with Crippen molar-refractivity contribution in [2.45, 2.75) is 33.0 Å². The van der Waals surface area contributed by atoms with Gasteiger partial charge >= 0.3 is 6.03 Å². The summed E-state index contributed by atoms with van der Waals surface area (Å²) in [4.78, 5) is 28.4. The van der Waals surface area contributed by atoms with Crippen molar-refractivity contribution in [3.63, 3.8) is 0 Å². The number of halogens is 1. The molecule has 2 aromatic carbocycles. The molecule has 0 saturated carbocycles. The van der Waals surface area contributed by atoms with Crippen molar-refractivity contribution in [1.29, 1.82) is 0 Å². The third-order valence-corrected chi connectivity index (χ3v) is 4.47. The van der Waals surface area contributed by atoms with Crippen molar-refractivity contribution in [2.75, 3.05) is 38.0 Å². The molecule has 0 aromatic heterocycles. The van der Waals surface area contributed by atoms with Gasteiger partial charge in [-0.05, 0) is 55.3 Å². The van der Waals surface area contributed by atoms with Crippen molar-refractivity contribution in [1.82, 2.24) is 10.2 Å². The Morgan fingerprint density at radius 1 is 1.06 bits per heavy atom. The topological polar surface area (TPSA) is 73.9 Å². The number of benzene rings is 2. The molecule has 2 N–H and O–H groups in total. The Morgan fingerprint density at radius 3 is 2.32 bits per heavy atom. The normalized spacial score (nSPS) is 10.7. The Kier molecular flexibility index (Phi) is 8.81. The molecule has 7 nitrogen and oxygen atoms in total. The molecule has 0 aliphatic carbocycles. The number of carbonyl (C=O) groups excluding carboxylic acids is 2. The first-order valence-corrected chi connectivity index (χ1v) is 10.1. The summed E-state index contributed by atoms with van der Waals surface area (Å²) in [7, 11) is 5.29. The van der Waals surface area contributed by atoms with Gasteiger partial charge in [0.2, 0.25) is 5.91 Å². The van der Waals surface area contributed by atoms with E-state index in [4.69, 9.17) is 4.74 Å². The van der Waals surface area contributed by atoms with Crippen LogP contribution in [0.5, 0.6) is 0 Å². The van der Waals surface area contributed by atoms with Gasteiger partial charge in [0.05, 0.1) is 0 Å². The number of anilines is 2. The van der Waals surface area contributed by atoms with Gasteiger partial charge in [-0.15, -0.1) is 0 Å². The Hall–Kier alpha value is -3.13. The zero-order valence-corrected chi connectivity index (χ0v) is 18.7. The van der Waals surface area contributed by atoms with E-state index >= 15 is 0 Å². The first-order valence-electron chi connectivity index (χ1n) is 10.1. The lowest BCUT2D eigenvalue weighted by molar-refractivity contribution is -0.119. The molecule has 0 radical (unpaired) electrons. The SMILES string of the molecule is COCC(=O)Nc1ccc(N(C)C)c(CN(Cc2ccc(F)cc2)C(=O)NC(C)C)c1. The molecule has 168 valence electrons. The van der Waals surface area contributed by atoms with E-state index in [1.54, 1.807) is 17.0 Å². The molecule has 3 amide bonds. The van der Waals surface area contributed by atoms with Gasteiger partial charge in [0.1, 0.15) is 12.4 Å². The third kappa shape index (κ3) is 7.57. The van der Waals surface area contributed by atoms with Gasteiger partial charge in [-0.25, -0.2) is 9.18 Å². The summed E-state index contributed by atoms with van der Waals surface area (Å²) in [5.74, 6) is -0.580. The molecule has 0 heterocycles. The van der Waals surface area contributed by atoms with E-state index in [2.05, 4.69) is 10.6 Å². The predicted octanol–water partition coefficient (Wildman–Crippen LogP) is 3.60. The molecule has 2 rings (SSSR count). The minimum absolute atomic E-state index is 0.0313.